The molecule has 0 radical (unpaired) electrons. The van der Waals surface area contributed by atoms with Gasteiger partial charge in [0.2, 0.25) is 0 Å². The molecule has 0 unspecified atom stereocenters. The van der Waals surface area contributed by atoms with Gasteiger partial charge in [-0.3, -0.25) is 14.9 Å². The minimum absolute atomic E-state index is 0.0508. The van der Waals surface area contributed by atoms with Crippen LogP contribution in [0, 0.1) is 22.5 Å². The quantitative estimate of drug-likeness (QED) is 0.452. The molecule has 0 aliphatic carbocycles. The van der Waals surface area contributed by atoms with Crippen molar-refractivity contribution in [2.45, 2.75) is 0 Å². The summed E-state index contributed by atoms with van der Waals surface area (Å²) in [7, 11) is 0. The number of benzene rings is 2. The number of terminal acetylenes is 1. The van der Waals surface area contributed by atoms with Gasteiger partial charge >= 0.3 is 0 Å². The predicted molar refractivity (Wildman–Crippen MR) is 92.5 cm³/mol. The first kappa shape index (κ1) is 16.0. The van der Waals surface area contributed by atoms with Gasteiger partial charge in [0.15, 0.2) is 5.69 Å². The molecule has 1 aromatic heterocycles. The number of hydrogen-bond acceptors (Lipinski definition) is 4. The maximum atomic E-state index is 12.3. The van der Waals surface area contributed by atoms with Crippen LogP contribution in [0.1, 0.15) is 16.1 Å². The van der Waals surface area contributed by atoms with Crippen LogP contribution in [0.4, 0.5) is 11.4 Å². The summed E-state index contributed by atoms with van der Waals surface area (Å²) in [6.45, 7) is 0. The number of nitro groups is 1. The Kier molecular flexibility index (Phi) is 4.26. The fourth-order valence-corrected chi connectivity index (χ4v) is 2.22. The molecule has 7 nitrogen and oxygen atoms in total. The van der Waals surface area contributed by atoms with Crippen LogP contribution >= 0.6 is 0 Å². The molecule has 25 heavy (non-hydrogen) atoms. The largest absolute Gasteiger partial charge is 0.321 e. The van der Waals surface area contributed by atoms with Gasteiger partial charge in [0, 0.05) is 29.6 Å². The SMILES string of the molecule is C#Cc1cccc(NC(=O)c2ccn(-c3cccc([N+](=O)[O-])c3)n2)c1. The number of rotatable bonds is 4. The van der Waals surface area contributed by atoms with E-state index in [-0.39, 0.29) is 11.4 Å². The molecule has 7 heteroatoms. The number of anilines is 1. The van der Waals surface area contributed by atoms with Gasteiger partial charge < -0.3 is 5.32 Å². The van der Waals surface area contributed by atoms with Crippen molar-refractivity contribution < 1.29 is 9.72 Å². The maximum absolute atomic E-state index is 12.3. The fraction of sp³-hybridized carbons (Fsp3) is 0. The second kappa shape index (κ2) is 6.68. The number of nitro benzene ring substituents is 1. The molecule has 122 valence electrons. The topological polar surface area (TPSA) is 90.1 Å². The van der Waals surface area contributed by atoms with Crippen molar-refractivity contribution >= 4 is 17.3 Å². The lowest BCUT2D eigenvalue weighted by Crippen LogP contribution is -2.13. The molecule has 0 aliphatic rings. The smallest absolute Gasteiger partial charge is 0.276 e. The van der Waals surface area contributed by atoms with E-state index < -0.39 is 10.8 Å². The number of nitrogens with one attached hydrogen (secondary N) is 1. The Bertz CT molecular complexity index is 1000. The number of aromatic nitrogens is 2. The molecule has 1 amide bonds. The van der Waals surface area contributed by atoms with Crippen molar-refractivity contribution in [1.82, 2.24) is 9.78 Å². The molecule has 1 heterocycles. The van der Waals surface area contributed by atoms with E-state index in [2.05, 4.69) is 16.3 Å². The first-order valence-corrected chi connectivity index (χ1v) is 7.25. The van der Waals surface area contributed by atoms with Crippen molar-refractivity contribution in [2.75, 3.05) is 5.32 Å². The Morgan fingerprint density at radius 2 is 2.00 bits per heavy atom. The van der Waals surface area contributed by atoms with Gasteiger partial charge in [0.05, 0.1) is 10.6 Å². The fourth-order valence-electron chi connectivity index (χ4n) is 2.22. The molecule has 0 aliphatic heterocycles. The number of carbonyl (C=O) groups excluding carboxylic acids is 1. The summed E-state index contributed by atoms with van der Waals surface area (Å²) in [6, 6.07) is 14.4. The van der Waals surface area contributed by atoms with Crippen LogP contribution < -0.4 is 5.32 Å². The Morgan fingerprint density at radius 1 is 1.20 bits per heavy atom. The second-order valence-electron chi connectivity index (χ2n) is 5.10. The van der Waals surface area contributed by atoms with Crippen LogP contribution in [0.15, 0.2) is 60.8 Å². The Labute approximate surface area is 143 Å². The van der Waals surface area contributed by atoms with Crippen LogP contribution in [0.2, 0.25) is 0 Å². The van der Waals surface area contributed by atoms with Gasteiger partial charge in [-0.1, -0.05) is 18.1 Å². The summed E-state index contributed by atoms with van der Waals surface area (Å²) < 4.78 is 1.40. The summed E-state index contributed by atoms with van der Waals surface area (Å²) in [5, 5.41) is 17.7. The molecule has 0 fully saturated rings. The number of nitrogens with zero attached hydrogens (tertiary/aromatic N) is 3. The Morgan fingerprint density at radius 3 is 2.76 bits per heavy atom. The van der Waals surface area contributed by atoms with Crippen molar-refractivity contribution in [3.05, 3.63) is 82.2 Å². The summed E-state index contributed by atoms with van der Waals surface area (Å²) in [5.41, 5.74) is 1.83. The molecule has 0 spiro atoms. The van der Waals surface area contributed by atoms with E-state index in [1.54, 1.807) is 42.6 Å². The zero-order valence-electron chi connectivity index (χ0n) is 12.9. The van der Waals surface area contributed by atoms with Crippen molar-refractivity contribution in [3.8, 4) is 18.0 Å². The molecule has 3 rings (SSSR count). The third-order valence-electron chi connectivity index (χ3n) is 3.41. The molecule has 0 saturated heterocycles. The van der Waals surface area contributed by atoms with Crippen LogP contribution in [0.5, 0.6) is 0 Å². The lowest BCUT2D eigenvalue weighted by molar-refractivity contribution is -0.384. The third kappa shape index (κ3) is 3.54. The van der Waals surface area contributed by atoms with Gasteiger partial charge in [0.25, 0.3) is 11.6 Å². The summed E-state index contributed by atoms with van der Waals surface area (Å²) in [5.74, 6) is 2.09. The van der Waals surface area contributed by atoms with E-state index in [1.807, 2.05) is 0 Å². The van der Waals surface area contributed by atoms with E-state index in [0.717, 1.165) is 0 Å². The molecule has 1 N–H and O–H groups in total. The first-order valence-electron chi connectivity index (χ1n) is 7.25. The predicted octanol–water partition coefficient (Wildman–Crippen LogP) is 3.01. The van der Waals surface area contributed by atoms with E-state index in [0.29, 0.717) is 16.9 Å². The standard InChI is InChI=1S/C18H12N4O3/c1-2-13-5-3-6-14(11-13)19-18(23)17-9-10-21(20-17)15-7-4-8-16(12-15)22(24)25/h1,3-12H,(H,19,23). The highest BCUT2D eigenvalue weighted by molar-refractivity contribution is 6.02. The van der Waals surface area contributed by atoms with E-state index >= 15 is 0 Å². The Hall–Kier alpha value is -3.92. The van der Waals surface area contributed by atoms with Gasteiger partial charge in [0.1, 0.15) is 0 Å². The molecule has 0 atom stereocenters. The highest BCUT2D eigenvalue weighted by atomic mass is 16.6. The van der Waals surface area contributed by atoms with Gasteiger partial charge in [-0.25, -0.2) is 4.68 Å². The van der Waals surface area contributed by atoms with Crippen LogP contribution in [0.3, 0.4) is 0 Å². The lowest BCUT2D eigenvalue weighted by Gasteiger charge is -2.04. The lowest BCUT2D eigenvalue weighted by atomic mass is 10.2. The number of hydrogen-bond donors (Lipinski definition) is 1. The summed E-state index contributed by atoms with van der Waals surface area (Å²) in [6.07, 6.45) is 6.90. The zero-order valence-corrected chi connectivity index (χ0v) is 12.9. The highest BCUT2D eigenvalue weighted by Gasteiger charge is 2.12. The minimum atomic E-state index is -0.487. The average Bonchev–Trinajstić information content (AvgIpc) is 3.12. The number of non-ortho nitro benzene ring substituents is 1. The number of amides is 1. The van der Waals surface area contributed by atoms with Crippen molar-refractivity contribution in [3.63, 3.8) is 0 Å². The van der Waals surface area contributed by atoms with Gasteiger partial charge in [-0.15, -0.1) is 6.42 Å². The van der Waals surface area contributed by atoms with Crippen molar-refractivity contribution in [1.29, 1.82) is 0 Å². The monoisotopic (exact) mass is 332 g/mol. The van der Waals surface area contributed by atoms with Crippen LogP contribution in [0.25, 0.3) is 5.69 Å². The van der Waals surface area contributed by atoms with E-state index in [1.165, 1.54) is 22.9 Å². The Balaban J connectivity index is 1.81. The van der Waals surface area contributed by atoms with Crippen LogP contribution in [-0.2, 0) is 0 Å². The highest BCUT2D eigenvalue weighted by Crippen LogP contribution is 2.17. The molecular formula is C18H12N4O3. The van der Waals surface area contributed by atoms with Gasteiger partial charge in [-0.05, 0) is 30.3 Å². The molecule has 0 saturated carbocycles. The number of carbonyl (C=O) groups is 1. The second-order valence-corrected chi connectivity index (χ2v) is 5.10. The summed E-state index contributed by atoms with van der Waals surface area (Å²) in [4.78, 5) is 22.7. The molecule has 2 aromatic carbocycles. The minimum Gasteiger partial charge on any atom is -0.321 e. The van der Waals surface area contributed by atoms with Gasteiger partial charge in [-0.2, -0.15) is 5.10 Å². The maximum Gasteiger partial charge on any atom is 0.276 e. The van der Waals surface area contributed by atoms with Crippen LogP contribution in [-0.4, -0.2) is 20.6 Å². The zero-order chi connectivity index (χ0) is 17.8. The first-order chi connectivity index (χ1) is 12.1. The average molecular weight is 332 g/mol. The molecule has 3 aromatic rings. The normalized spacial score (nSPS) is 10.0. The van der Waals surface area contributed by atoms with E-state index in [4.69, 9.17) is 6.42 Å². The third-order valence-corrected chi connectivity index (χ3v) is 3.41. The molecular weight excluding hydrogens is 320 g/mol. The van der Waals surface area contributed by atoms with E-state index in [9.17, 15) is 14.9 Å². The molecule has 0 bridgehead atoms. The summed E-state index contributed by atoms with van der Waals surface area (Å²) >= 11 is 0. The van der Waals surface area contributed by atoms with Crippen molar-refractivity contribution in [2.24, 2.45) is 0 Å².